The summed E-state index contributed by atoms with van der Waals surface area (Å²) in [5.41, 5.74) is 0.617. The zero-order valence-corrected chi connectivity index (χ0v) is 13.3. The van der Waals surface area contributed by atoms with Crippen LogP contribution >= 0.6 is 0 Å². The number of hydrogen-bond donors (Lipinski definition) is 0. The Morgan fingerprint density at radius 3 is 2.79 bits per heavy atom. The summed E-state index contributed by atoms with van der Waals surface area (Å²) in [4.78, 5) is 25.6. The number of benzene rings is 1. The molecule has 0 aliphatic carbocycles. The van der Waals surface area contributed by atoms with Crippen LogP contribution in [0.2, 0.25) is 0 Å². The smallest absolute Gasteiger partial charge is 0.269 e. The summed E-state index contributed by atoms with van der Waals surface area (Å²) in [5, 5.41) is 22.7. The quantitative estimate of drug-likeness (QED) is 0.621. The molecule has 0 bridgehead atoms. The van der Waals surface area contributed by atoms with Gasteiger partial charge >= 0.3 is 0 Å². The van der Waals surface area contributed by atoms with E-state index in [0.717, 1.165) is 25.9 Å². The Hall–Kier alpha value is -2.84. The lowest BCUT2D eigenvalue weighted by Gasteiger charge is -2.30. The van der Waals surface area contributed by atoms with Gasteiger partial charge in [0.05, 0.1) is 4.92 Å². The van der Waals surface area contributed by atoms with Crippen molar-refractivity contribution in [1.29, 1.82) is 0 Å². The molecule has 9 heteroatoms. The van der Waals surface area contributed by atoms with Gasteiger partial charge in [-0.15, -0.1) is 10.2 Å². The number of likely N-dealkylation sites (tertiary alicyclic amines) is 1. The van der Waals surface area contributed by atoms with E-state index in [0.29, 0.717) is 17.3 Å². The van der Waals surface area contributed by atoms with E-state index in [9.17, 15) is 14.9 Å². The Bertz CT molecular complexity index is 742. The Labute approximate surface area is 138 Å². The van der Waals surface area contributed by atoms with Gasteiger partial charge in [-0.1, -0.05) is 6.92 Å². The van der Waals surface area contributed by atoms with E-state index in [2.05, 4.69) is 22.3 Å². The fraction of sp³-hybridized carbons (Fsp3) is 0.467. The SMILES string of the molecule is C[C@H]1CCCN(C(=O)Cn2nnc(-c3ccc([N+](=O)[O-])cc3)n2)C1. The largest absolute Gasteiger partial charge is 0.341 e. The number of nitrogens with zero attached hydrogens (tertiary/aromatic N) is 6. The van der Waals surface area contributed by atoms with Crippen molar-refractivity contribution < 1.29 is 9.72 Å². The second kappa shape index (κ2) is 6.73. The monoisotopic (exact) mass is 330 g/mol. The molecule has 1 saturated heterocycles. The van der Waals surface area contributed by atoms with Gasteiger partial charge in [0.2, 0.25) is 11.7 Å². The number of nitro benzene ring substituents is 1. The molecule has 1 amide bonds. The predicted octanol–water partition coefficient (Wildman–Crippen LogP) is 1.51. The molecule has 1 aromatic carbocycles. The number of carbonyl (C=O) groups is 1. The first-order valence-corrected chi connectivity index (χ1v) is 7.83. The summed E-state index contributed by atoms with van der Waals surface area (Å²) in [6.45, 7) is 3.72. The molecule has 2 heterocycles. The molecule has 0 unspecified atom stereocenters. The van der Waals surface area contributed by atoms with E-state index in [1.54, 1.807) is 12.1 Å². The molecule has 0 spiro atoms. The Kier molecular flexibility index (Phi) is 4.50. The highest BCUT2D eigenvalue weighted by molar-refractivity contribution is 5.75. The summed E-state index contributed by atoms with van der Waals surface area (Å²) < 4.78 is 0. The molecule has 126 valence electrons. The van der Waals surface area contributed by atoms with Crippen LogP contribution in [0.4, 0.5) is 5.69 Å². The van der Waals surface area contributed by atoms with E-state index in [4.69, 9.17) is 0 Å². The Morgan fingerprint density at radius 1 is 1.38 bits per heavy atom. The maximum Gasteiger partial charge on any atom is 0.269 e. The molecule has 0 N–H and O–H groups in total. The first kappa shape index (κ1) is 16.0. The van der Waals surface area contributed by atoms with Crippen molar-refractivity contribution in [3.8, 4) is 11.4 Å². The second-order valence-corrected chi connectivity index (χ2v) is 6.03. The Balaban J connectivity index is 1.66. The van der Waals surface area contributed by atoms with Gasteiger partial charge in [-0.3, -0.25) is 14.9 Å². The number of carbonyl (C=O) groups excluding carboxylic acids is 1. The molecule has 9 nitrogen and oxygen atoms in total. The van der Waals surface area contributed by atoms with E-state index in [-0.39, 0.29) is 18.1 Å². The lowest BCUT2D eigenvalue weighted by atomic mass is 10.0. The minimum Gasteiger partial charge on any atom is -0.341 e. The van der Waals surface area contributed by atoms with Crippen molar-refractivity contribution in [3.05, 3.63) is 34.4 Å². The number of rotatable bonds is 4. The molecule has 2 aromatic rings. The molecule has 1 fully saturated rings. The number of piperidine rings is 1. The maximum atomic E-state index is 12.3. The lowest BCUT2D eigenvalue weighted by Crippen LogP contribution is -2.41. The number of nitro groups is 1. The molecule has 1 aliphatic heterocycles. The van der Waals surface area contributed by atoms with Gasteiger partial charge in [0.1, 0.15) is 6.54 Å². The van der Waals surface area contributed by atoms with Gasteiger partial charge in [-0.05, 0) is 36.1 Å². The molecule has 0 saturated carbocycles. The fourth-order valence-corrected chi connectivity index (χ4v) is 2.79. The normalized spacial score (nSPS) is 17.7. The molecular weight excluding hydrogens is 312 g/mol. The second-order valence-electron chi connectivity index (χ2n) is 6.03. The van der Waals surface area contributed by atoms with Crippen molar-refractivity contribution in [2.24, 2.45) is 5.92 Å². The van der Waals surface area contributed by atoms with Gasteiger partial charge in [-0.25, -0.2) is 0 Å². The van der Waals surface area contributed by atoms with E-state index in [1.165, 1.54) is 16.9 Å². The van der Waals surface area contributed by atoms with Crippen molar-refractivity contribution in [2.75, 3.05) is 13.1 Å². The van der Waals surface area contributed by atoms with Gasteiger partial charge in [0.25, 0.3) is 5.69 Å². The summed E-state index contributed by atoms with van der Waals surface area (Å²) in [7, 11) is 0. The zero-order chi connectivity index (χ0) is 17.1. The topological polar surface area (TPSA) is 107 Å². The van der Waals surface area contributed by atoms with Crippen molar-refractivity contribution in [3.63, 3.8) is 0 Å². The van der Waals surface area contributed by atoms with Crippen molar-refractivity contribution in [2.45, 2.75) is 26.3 Å². The molecule has 1 aromatic heterocycles. The standard InChI is InChI=1S/C15H18N6O3/c1-11-3-2-8-19(9-11)14(22)10-20-17-15(16-18-20)12-4-6-13(7-5-12)21(23)24/h4-7,11H,2-3,8-10H2,1H3/t11-/m0/s1. The third-order valence-corrected chi connectivity index (χ3v) is 4.08. The molecule has 3 rings (SSSR count). The van der Waals surface area contributed by atoms with Crippen LogP contribution in [0.3, 0.4) is 0 Å². The molecule has 0 radical (unpaired) electrons. The van der Waals surface area contributed by atoms with E-state index in [1.807, 2.05) is 4.90 Å². The number of hydrogen-bond acceptors (Lipinski definition) is 6. The lowest BCUT2D eigenvalue weighted by molar-refractivity contribution is -0.384. The van der Waals surface area contributed by atoms with Crippen LogP contribution in [0.5, 0.6) is 0 Å². The highest BCUT2D eigenvalue weighted by Crippen LogP contribution is 2.19. The average Bonchev–Trinajstić information content (AvgIpc) is 3.03. The van der Waals surface area contributed by atoms with Crippen LogP contribution in [-0.2, 0) is 11.3 Å². The maximum absolute atomic E-state index is 12.3. The predicted molar refractivity (Wildman–Crippen MR) is 84.9 cm³/mol. The number of aromatic nitrogens is 4. The van der Waals surface area contributed by atoms with Gasteiger partial charge in [0, 0.05) is 30.8 Å². The minimum absolute atomic E-state index is 0.000498. The van der Waals surface area contributed by atoms with Crippen molar-refractivity contribution in [1.82, 2.24) is 25.1 Å². The zero-order valence-electron chi connectivity index (χ0n) is 13.3. The fourth-order valence-electron chi connectivity index (χ4n) is 2.79. The number of tetrazole rings is 1. The van der Waals surface area contributed by atoms with Crippen LogP contribution < -0.4 is 0 Å². The van der Waals surface area contributed by atoms with Gasteiger partial charge in [0.15, 0.2) is 0 Å². The highest BCUT2D eigenvalue weighted by atomic mass is 16.6. The molecule has 24 heavy (non-hydrogen) atoms. The van der Waals surface area contributed by atoms with E-state index < -0.39 is 4.92 Å². The average molecular weight is 330 g/mol. The Morgan fingerprint density at radius 2 is 2.12 bits per heavy atom. The highest BCUT2D eigenvalue weighted by Gasteiger charge is 2.22. The molecular formula is C15H18N6O3. The van der Waals surface area contributed by atoms with Gasteiger partial charge in [-0.2, -0.15) is 4.80 Å². The van der Waals surface area contributed by atoms with Crippen molar-refractivity contribution >= 4 is 11.6 Å². The summed E-state index contributed by atoms with van der Waals surface area (Å²) in [6, 6.07) is 5.90. The third-order valence-electron chi connectivity index (χ3n) is 4.08. The van der Waals surface area contributed by atoms with Crippen LogP contribution in [0.1, 0.15) is 19.8 Å². The van der Waals surface area contributed by atoms with Crippen LogP contribution in [0, 0.1) is 16.0 Å². The van der Waals surface area contributed by atoms with Crippen LogP contribution in [0.15, 0.2) is 24.3 Å². The summed E-state index contributed by atoms with van der Waals surface area (Å²) >= 11 is 0. The van der Waals surface area contributed by atoms with E-state index >= 15 is 0 Å². The first-order valence-electron chi connectivity index (χ1n) is 7.83. The summed E-state index contributed by atoms with van der Waals surface area (Å²) in [5.74, 6) is 0.834. The molecule has 1 aliphatic rings. The van der Waals surface area contributed by atoms with Gasteiger partial charge < -0.3 is 4.90 Å². The number of non-ortho nitro benzene ring substituents is 1. The third kappa shape index (κ3) is 3.55. The summed E-state index contributed by atoms with van der Waals surface area (Å²) in [6.07, 6.45) is 2.17. The molecule has 1 atom stereocenters. The van der Waals surface area contributed by atoms with Crippen LogP contribution in [0.25, 0.3) is 11.4 Å². The first-order chi connectivity index (χ1) is 11.5. The van der Waals surface area contributed by atoms with Crippen LogP contribution in [-0.4, -0.2) is 49.0 Å². The minimum atomic E-state index is -0.466. The number of amides is 1.